The summed E-state index contributed by atoms with van der Waals surface area (Å²) in [7, 11) is 0. The van der Waals surface area contributed by atoms with E-state index in [1.807, 2.05) is 11.8 Å². The Morgan fingerprint density at radius 2 is 1.27 bits per heavy atom. The minimum atomic E-state index is 0.0419. The van der Waals surface area contributed by atoms with E-state index in [2.05, 4.69) is 92.6 Å². The molecule has 0 bridgehead atoms. The van der Waals surface area contributed by atoms with Crippen molar-refractivity contribution in [3.8, 4) is 11.5 Å². The normalized spacial score (nSPS) is 14.5. The Morgan fingerprint density at radius 3 is 1.81 bits per heavy atom. The Hall–Kier alpha value is -1.41. The van der Waals surface area contributed by atoms with Crippen LogP contribution in [0.3, 0.4) is 0 Å². The first-order valence-electron chi connectivity index (χ1n) is 9.47. The molecule has 0 radical (unpaired) electrons. The van der Waals surface area contributed by atoms with Crippen LogP contribution in [0, 0.1) is 0 Å². The lowest BCUT2D eigenvalue weighted by Crippen LogP contribution is -2.19. The summed E-state index contributed by atoms with van der Waals surface area (Å²) >= 11 is 1.86. The highest BCUT2D eigenvalue weighted by Gasteiger charge is 2.32. The van der Waals surface area contributed by atoms with Crippen molar-refractivity contribution in [2.45, 2.75) is 88.3 Å². The van der Waals surface area contributed by atoms with Gasteiger partial charge in [0.05, 0.1) is 9.79 Å². The summed E-state index contributed by atoms with van der Waals surface area (Å²) in [5, 5.41) is 0. The van der Waals surface area contributed by atoms with Crippen molar-refractivity contribution in [1.82, 2.24) is 0 Å². The molecular formula is C24H32OS. The van der Waals surface area contributed by atoms with E-state index in [1.54, 1.807) is 0 Å². The second-order valence-electron chi connectivity index (χ2n) is 10.4. The molecule has 1 aliphatic rings. The van der Waals surface area contributed by atoms with E-state index in [4.69, 9.17) is 4.74 Å². The van der Waals surface area contributed by atoms with Gasteiger partial charge < -0.3 is 4.74 Å². The number of fused-ring (bicyclic) bond motifs is 2. The third-order valence-corrected chi connectivity index (χ3v) is 6.13. The fourth-order valence-electron chi connectivity index (χ4n) is 3.31. The number of hydrogen-bond acceptors (Lipinski definition) is 2. The van der Waals surface area contributed by atoms with Gasteiger partial charge in [-0.3, -0.25) is 0 Å². The Kier molecular flexibility index (Phi) is 4.51. The molecule has 0 amide bonds. The molecule has 0 spiro atoms. The quantitative estimate of drug-likeness (QED) is 0.400. The molecule has 0 fully saturated rings. The molecule has 0 saturated heterocycles. The van der Waals surface area contributed by atoms with Gasteiger partial charge in [0.15, 0.2) is 0 Å². The molecule has 1 nitrogen and oxygen atoms in total. The van der Waals surface area contributed by atoms with Crippen LogP contribution in [0.5, 0.6) is 11.5 Å². The van der Waals surface area contributed by atoms with Crippen LogP contribution >= 0.6 is 11.8 Å². The molecule has 26 heavy (non-hydrogen) atoms. The van der Waals surface area contributed by atoms with Gasteiger partial charge in [0.25, 0.3) is 0 Å². The lowest BCUT2D eigenvalue weighted by molar-refractivity contribution is 0.422. The summed E-state index contributed by atoms with van der Waals surface area (Å²) in [4.78, 5) is 2.49. The maximum atomic E-state index is 6.59. The first kappa shape index (κ1) is 19.4. The third-order valence-electron chi connectivity index (χ3n) is 4.96. The van der Waals surface area contributed by atoms with Gasteiger partial charge in [-0.25, -0.2) is 0 Å². The number of benzene rings is 2. The Bertz CT molecular complexity index is 842. The predicted octanol–water partition coefficient (Wildman–Crippen LogP) is 7.84. The van der Waals surface area contributed by atoms with E-state index < -0.39 is 0 Å². The Balaban J connectivity index is 2.20. The van der Waals surface area contributed by atoms with E-state index in [1.165, 1.54) is 26.5 Å². The van der Waals surface area contributed by atoms with Crippen LogP contribution in [-0.2, 0) is 16.2 Å². The summed E-state index contributed by atoms with van der Waals surface area (Å²) in [6.45, 7) is 20.3. The molecule has 1 aliphatic heterocycles. The zero-order chi connectivity index (χ0) is 19.5. The topological polar surface area (TPSA) is 9.23 Å². The third kappa shape index (κ3) is 3.53. The average molecular weight is 369 g/mol. The van der Waals surface area contributed by atoms with Gasteiger partial charge in [-0.05, 0) is 39.5 Å². The maximum Gasteiger partial charge on any atom is 0.145 e. The number of ether oxygens (including phenoxy) is 1. The second kappa shape index (κ2) is 6.05. The lowest BCUT2D eigenvalue weighted by atomic mass is 9.81. The SMILES string of the molecule is CC(C)(C)c1ccc2c(c1)Oc1c(C(C)(C)C)ccc(C(C)(C)C)c1S2. The molecule has 2 aromatic carbocycles. The summed E-state index contributed by atoms with van der Waals surface area (Å²) in [5.41, 5.74) is 4.18. The number of rotatable bonds is 0. The van der Waals surface area contributed by atoms with Crippen LogP contribution in [0.4, 0.5) is 0 Å². The van der Waals surface area contributed by atoms with E-state index in [-0.39, 0.29) is 16.2 Å². The first-order valence-corrected chi connectivity index (χ1v) is 10.3. The molecule has 0 N–H and O–H groups in total. The molecule has 2 aromatic rings. The van der Waals surface area contributed by atoms with Gasteiger partial charge in [0, 0.05) is 5.56 Å². The molecule has 2 heteroatoms. The zero-order valence-corrected chi connectivity index (χ0v) is 18.5. The van der Waals surface area contributed by atoms with Crippen molar-refractivity contribution in [3.05, 3.63) is 47.0 Å². The van der Waals surface area contributed by atoms with Gasteiger partial charge in [-0.15, -0.1) is 0 Å². The van der Waals surface area contributed by atoms with Crippen molar-refractivity contribution in [3.63, 3.8) is 0 Å². The fraction of sp³-hybridized carbons (Fsp3) is 0.500. The van der Waals surface area contributed by atoms with Crippen LogP contribution in [0.1, 0.15) is 79.0 Å². The standard InChI is InChI=1S/C24H32OS/c1-22(2,3)15-10-13-19-18(14-15)25-20-16(23(4,5)6)11-12-17(21(20)26-19)24(7,8)9/h10-14H,1-9H3. The van der Waals surface area contributed by atoms with Crippen LogP contribution in [0.15, 0.2) is 40.1 Å². The largest absolute Gasteiger partial charge is 0.455 e. The molecule has 0 unspecified atom stereocenters. The van der Waals surface area contributed by atoms with Crippen LogP contribution in [-0.4, -0.2) is 0 Å². The summed E-state index contributed by atoms with van der Waals surface area (Å²) in [6, 6.07) is 11.2. The van der Waals surface area contributed by atoms with Crippen molar-refractivity contribution < 1.29 is 4.74 Å². The molecule has 3 rings (SSSR count). The summed E-state index contributed by atoms with van der Waals surface area (Å²) in [5.74, 6) is 2.04. The fourth-order valence-corrected chi connectivity index (χ4v) is 4.59. The highest BCUT2D eigenvalue weighted by Crippen LogP contribution is 2.54. The van der Waals surface area contributed by atoms with Crippen molar-refractivity contribution >= 4 is 11.8 Å². The first-order chi connectivity index (χ1) is 11.8. The summed E-state index contributed by atoms with van der Waals surface area (Å²) in [6.07, 6.45) is 0. The smallest absolute Gasteiger partial charge is 0.145 e. The van der Waals surface area contributed by atoms with Gasteiger partial charge in [0.2, 0.25) is 0 Å². The van der Waals surface area contributed by atoms with E-state index >= 15 is 0 Å². The van der Waals surface area contributed by atoms with Gasteiger partial charge in [-0.2, -0.15) is 0 Å². The van der Waals surface area contributed by atoms with E-state index in [0.717, 1.165) is 11.5 Å². The molecule has 0 saturated carbocycles. The van der Waals surface area contributed by atoms with Crippen LogP contribution < -0.4 is 4.74 Å². The molecule has 140 valence electrons. The Labute approximate surface area is 163 Å². The van der Waals surface area contributed by atoms with Crippen LogP contribution in [0.2, 0.25) is 0 Å². The summed E-state index contributed by atoms with van der Waals surface area (Å²) < 4.78 is 6.59. The highest BCUT2D eigenvalue weighted by molar-refractivity contribution is 7.99. The van der Waals surface area contributed by atoms with Gasteiger partial charge in [0.1, 0.15) is 11.5 Å². The molecule has 0 atom stereocenters. The molecular weight excluding hydrogens is 336 g/mol. The lowest BCUT2D eigenvalue weighted by Gasteiger charge is -2.33. The highest BCUT2D eigenvalue weighted by atomic mass is 32.2. The average Bonchev–Trinajstić information content (AvgIpc) is 2.48. The van der Waals surface area contributed by atoms with Gasteiger partial charge >= 0.3 is 0 Å². The molecule has 0 aliphatic carbocycles. The predicted molar refractivity (Wildman–Crippen MR) is 113 cm³/mol. The van der Waals surface area contributed by atoms with E-state index in [9.17, 15) is 0 Å². The minimum absolute atomic E-state index is 0.0419. The van der Waals surface area contributed by atoms with Gasteiger partial charge in [-0.1, -0.05) is 92.3 Å². The number of hydrogen-bond donors (Lipinski definition) is 0. The maximum absolute atomic E-state index is 6.59. The van der Waals surface area contributed by atoms with Crippen molar-refractivity contribution in [2.24, 2.45) is 0 Å². The monoisotopic (exact) mass is 368 g/mol. The Morgan fingerprint density at radius 1 is 0.692 bits per heavy atom. The molecule has 0 aromatic heterocycles. The molecule has 1 heterocycles. The zero-order valence-electron chi connectivity index (χ0n) is 17.7. The van der Waals surface area contributed by atoms with Crippen LogP contribution in [0.25, 0.3) is 0 Å². The minimum Gasteiger partial charge on any atom is -0.455 e. The van der Waals surface area contributed by atoms with E-state index in [0.29, 0.717) is 0 Å². The second-order valence-corrected chi connectivity index (χ2v) is 11.5. The van der Waals surface area contributed by atoms with Crippen molar-refractivity contribution in [2.75, 3.05) is 0 Å². The van der Waals surface area contributed by atoms with Crippen molar-refractivity contribution in [1.29, 1.82) is 0 Å².